The van der Waals surface area contributed by atoms with Gasteiger partial charge in [-0.1, -0.05) is 20.8 Å². The van der Waals surface area contributed by atoms with E-state index >= 15 is 0 Å². The first kappa shape index (κ1) is 20.4. The van der Waals surface area contributed by atoms with Crippen LogP contribution in [0.1, 0.15) is 67.8 Å². The van der Waals surface area contributed by atoms with Crippen LogP contribution < -0.4 is 5.32 Å². The molecule has 6 nitrogen and oxygen atoms in total. The number of rotatable bonds is 6. The highest BCUT2D eigenvalue weighted by atomic mass is 32.1. The predicted molar refractivity (Wildman–Crippen MR) is 101 cm³/mol. The third kappa shape index (κ3) is 4.84. The zero-order valence-corrected chi connectivity index (χ0v) is 16.6. The Morgan fingerprint density at radius 3 is 2.54 bits per heavy atom. The Balaban J connectivity index is 2.29. The number of carboxylic acid groups (broad SMARTS) is 1. The van der Waals surface area contributed by atoms with E-state index in [1.54, 1.807) is 6.92 Å². The first-order chi connectivity index (χ1) is 12.1. The second-order valence-electron chi connectivity index (χ2n) is 7.68. The molecular formula is C19H27NO5S. The molecular weight excluding hydrogens is 354 g/mol. The third-order valence-corrected chi connectivity index (χ3v) is 5.96. The molecule has 1 aromatic rings. The van der Waals surface area contributed by atoms with Gasteiger partial charge in [0.2, 0.25) is 5.91 Å². The molecule has 0 radical (unpaired) electrons. The summed E-state index contributed by atoms with van der Waals surface area (Å²) in [4.78, 5) is 36.3. The monoisotopic (exact) mass is 381 g/mol. The number of fused-ring (bicyclic) bond motifs is 1. The minimum Gasteiger partial charge on any atom is -0.481 e. The highest BCUT2D eigenvalue weighted by molar-refractivity contribution is 7.17. The number of amides is 1. The van der Waals surface area contributed by atoms with Crippen molar-refractivity contribution in [2.24, 2.45) is 11.3 Å². The van der Waals surface area contributed by atoms with Gasteiger partial charge in [0.25, 0.3) is 0 Å². The second-order valence-corrected chi connectivity index (χ2v) is 8.78. The number of esters is 1. The quantitative estimate of drug-likeness (QED) is 0.730. The SMILES string of the molecule is CCOC(=O)c1c(NC(=O)CCC(=O)O)sc2c1CCC(C(C)(C)C)C2. The fraction of sp³-hybridized carbons (Fsp3) is 0.632. The first-order valence-electron chi connectivity index (χ1n) is 8.96. The van der Waals surface area contributed by atoms with Crippen molar-refractivity contribution < 1.29 is 24.2 Å². The van der Waals surface area contributed by atoms with Crippen molar-refractivity contribution >= 4 is 34.2 Å². The molecule has 2 N–H and O–H groups in total. The number of hydrogen-bond acceptors (Lipinski definition) is 5. The van der Waals surface area contributed by atoms with Gasteiger partial charge in [-0.3, -0.25) is 9.59 Å². The minimum absolute atomic E-state index is 0.120. The number of carbonyl (C=O) groups is 3. The molecule has 0 saturated carbocycles. The van der Waals surface area contributed by atoms with E-state index in [0.717, 1.165) is 29.7 Å². The molecule has 1 amide bonds. The van der Waals surface area contributed by atoms with E-state index in [2.05, 4.69) is 26.1 Å². The van der Waals surface area contributed by atoms with E-state index in [0.29, 0.717) is 16.5 Å². The number of carboxylic acids is 1. The molecule has 1 aliphatic rings. The van der Waals surface area contributed by atoms with Gasteiger partial charge >= 0.3 is 11.9 Å². The van der Waals surface area contributed by atoms with E-state index in [1.807, 2.05) is 0 Å². The van der Waals surface area contributed by atoms with Crippen LogP contribution in [-0.4, -0.2) is 29.6 Å². The number of aliphatic carboxylic acids is 1. The molecule has 26 heavy (non-hydrogen) atoms. The summed E-state index contributed by atoms with van der Waals surface area (Å²) in [6.45, 7) is 8.67. The summed E-state index contributed by atoms with van der Waals surface area (Å²) < 4.78 is 5.19. The van der Waals surface area contributed by atoms with Crippen molar-refractivity contribution in [3.8, 4) is 0 Å². The van der Waals surface area contributed by atoms with Gasteiger partial charge in [-0.15, -0.1) is 11.3 Å². The Kier molecular flexibility index (Phi) is 6.44. The van der Waals surface area contributed by atoms with Gasteiger partial charge in [0.1, 0.15) is 5.00 Å². The van der Waals surface area contributed by atoms with Crippen LogP contribution in [0.15, 0.2) is 0 Å². The van der Waals surface area contributed by atoms with E-state index < -0.39 is 17.8 Å². The predicted octanol–water partition coefficient (Wildman–Crippen LogP) is 3.88. The lowest BCUT2D eigenvalue weighted by atomic mass is 9.72. The Morgan fingerprint density at radius 2 is 1.96 bits per heavy atom. The molecule has 1 aromatic heterocycles. The molecule has 1 heterocycles. The maximum Gasteiger partial charge on any atom is 0.341 e. The summed E-state index contributed by atoms with van der Waals surface area (Å²) in [6, 6.07) is 0. The number of hydrogen-bond donors (Lipinski definition) is 2. The molecule has 144 valence electrons. The van der Waals surface area contributed by atoms with Gasteiger partial charge in [0.05, 0.1) is 18.6 Å². The molecule has 0 spiro atoms. The summed E-state index contributed by atoms with van der Waals surface area (Å²) in [5, 5.41) is 11.9. The zero-order valence-electron chi connectivity index (χ0n) is 15.8. The molecule has 0 aliphatic heterocycles. The van der Waals surface area contributed by atoms with Crippen molar-refractivity contribution in [3.63, 3.8) is 0 Å². The van der Waals surface area contributed by atoms with Crippen LogP contribution >= 0.6 is 11.3 Å². The Labute approximate surface area is 157 Å². The van der Waals surface area contributed by atoms with Crippen molar-refractivity contribution in [1.29, 1.82) is 0 Å². The average Bonchev–Trinajstić information content (AvgIpc) is 2.89. The Morgan fingerprint density at radius 1 is 1.27 bits per heavy atom. The molecule has 7 heteroatoms. The van der Waals surface area contributed by atoms with Crippen LogP contribution in [0.25, 0.3) is 0 Å². The fourth-order valence-electron chi connectivity index (χ4n) is 3.24. The average molecular weight is 381 g/mol. The number of carbonyl (C=O) groups excluding carboxylic acids is 2. The number of ether oxygens (including phenoxy) is 1. The van der Waals surface area contributed by atoms with Gasteiger partial charge in [-0.2, -0.15) is 0 Å². The van der Waals surface area contributed by atoms with Gasteiger partial charge in [-0.05, 0) is 43.1 Å². The Bertz CT molecular complexity index is 702. The van der Waals surface area contributed by atoms with Crippen molar-refractivity contribution in [2.75, 3.05) is 11.9 Å². The lowest BCUT2D eigenvalue weighted by molar-refractivity contribution is -0.138. The lowest BCUT2D eigenvalue weighted by Gasteiger charge is -2.33. The van der Waals surface area contributed by atoms with Gasteiger partial charge in [0, 0.05) is 11.3 Å². The summed E-state index contributed by atoms with van der Waals surface area (Å²) in [6.07, 6.45) is 2.29. The van der Waals surface area contributed by atoms with Crippen LogP contribution in [0.2, 0.25) is 0 Å². The molecule has 0 bridgehead atoms. The number of nitrogens with one attached hydrogen (secondary N) is 1. The summed E-state index contributed by atoms with van der Waals surface area (Å²) in [5.74, 6) is -1.33. The van der Waals surface area contributed by atoms with Crippen LogP contribution in [0.3, 0.4) is 0 Å². The highest BCUT2D eigenvalue weighted by Gasteiger charge is 2.34. The molecule has 1 aliphatic carbocycles. The lowest BCUT2D eigenvalue weighted by Crippen LogP contribution is -2.26. The van der Waals surface area contributed by atoms with Gasteiger partial charge in [0.15, 0.2) is 0 Å². The molecule has 0 saturated heterocycles. The zero-order chi connectivity index (χ0) is 19.5. The van der Waals surface area contributed by atoms with Crippen molar-refractivity contribution in [3.05, 3.63) is 16.0 Å². The van der Waals surface area contributed by atoms with Crippen LogP contribution in [-0.2, 0) is 27.2 Å². The number of thiophene rings is 1. The molecule has 2 rings (SSSR count). The topological polar surface area (TPSA) is 92.7 Å². The minimum atomic E-state index is -1.02. The Hall–Kier alpha value is -1.89. The summed E-state index contributed by atoms with van der Waals surface area (Å²) in [7, 11) is 0. The van der Waals surface area contributed by atoms with Crippen molar-refractivity contribution in [1.82, 2.24) is 0 Å². The smallest absolute Gasteiger partial charge is 0.341 e. The van der Waals surface area contributed by atoms with E-state index in [4.69, 9.17) is 9.84 Å². The van der Waals surface area contributed by atoms with E-state index in [1.165, 1.54) is 11.3 Å². The standard InChI is InChI=1S/C19H27NO5S/c1-5-25-18(24)16-12-7-6-11(19(2,3)4)10-13(12)26-17(16)20-14(21)8-9-15(22)23/h11H,5-10H2,1-4H3,(H,20,21)(H,22,23). The normalized spacial score (nSPS) is 16.7. The van der Waals surface area contributed by atoms with Crippen LogP contribution in [0, 0.1) is 11.3 Å². The first-order valence-corrected chi connectivity index (χ1v) is 9.78. The molecule has 0 fully saturated rings. The third-order valence-electron chi connectivity index (χ3n) is 4.79. The summed E-state index contributed by atoms with van der Waals surface area (Å²) in [5.41, 5.74) is 1.60. The molecule has 0 aromatic carbocycles. The van der Waals surface area contributed by atoms with Crippen molar-refractivity contribution in [2.45, 2.75) is 59.8 Å². The maximum atomic E-state index is 12.5. The van der Waals surface area contributed by atoms with Crippen LogP contribution in [0.4, 0.5) is 5.00 Å². The maximum absolute atomic E-state index is 12.5. The molecule has 1 atom stereocenters. The van der Waals surface area contributed by atoms with Crippen LogP contribution in [0.5, 0.6) is 0 Å². The number of anilines is 1. The van der Waals surface area contributed by atoms with E-state index in [9.17, 15) is 14.4 Å². The fourth-order valence-corrected chi connectivity index (χ4v) is 4.57. The van der Waals surface area contributed by atoms with E-state index in [-0.39, 0.29) is 24.9 Å². The largest absolute Gasteiger partial charge is 0.481 e. The second kappa shape index (κ2) is 8.20. The van der Waals surface area contributed by atoms with Gasteiger partial charge < -0.3 is 15.2 Å². The highest BCUT2D eigenvalue weighted by Crippen LogP contribution is 2.44. The summed E-state index contributed by atoms with van der Waals surface area (Å²) >= 11 is 1.42. The molecule has 1 unspecified atom stereocenters. The van der Waals surface area contributed by atoms with Gasteiger partial charge in [-0.25, -0.2) is 4.79 Å².